The first-order valence-electron chi connectivity index (χ1n) is 7.21. The van der Waals surface area contributed by atoms with E-state index >= 15 is 0 Å². The molecule has 1 heterocycles. The third-order valence-electron chi connectivity index (χ3n) is 3.66. The summed E-state index contributed by atoms with van der Waals surface area (Å²) in [7, 11) is 0. The highest BCUT2D eigenvalue weighted by atomic mass is 32.2. The molecule has 0 bridgehead atoms. The van der Waals surface area contributed by atoms with E-state index in [1.165, 1.54) is 42.1 Å². The predicted molar refractivity (Wildman–Crippen MR) is 83.9 cm³/mol. The zero-order valence-corrected chi connectivity index (χ0v) is 12.9. The molecule has 1 N–H and O–H groups in total. The standard InChI is InChI=1S/C16H25NOS/c1-13-10-14(2)12-15(11-13)16(18)4-6-17-5-3-8-19-9-7-17/h10-12,16,18H,3-9H2,1-2H3. The van der Waals surface area contributed by atoms with Gasteiger partial charge >= 0.3 is 0 Å². The lowest BCUT2D eigenvalue weighted by atomic mass is 10.0. The number of hydrogen-bond acceptors (Lipinski definition) is 3. The molecule has 1 saturated heterocycles. The Morgan fingerprint density at radius 1 is 1.16 bits per heavy atom. The van der Waals surface area contributed by atoms with Crippen molar-refractivity contribution in [2.24, 2.45) is 0 Å². The lowest BCUT2D eigenvalue weighted by molar-refractivity contribution is 0.144. The normalized spacial score (nSPS) is 19.1. The maximum Gasteiger partial charge on any atom is 0.0802 e. The topological polar surface area (TPSA) is 23.5 Å². The highest BCUT2D eigenvalue weighted by Gasteiger charge is 2.13. The Hall–Kier alpha value is -0.510. The smallest absolute Gasteiger partial charge is 0.0802 e. The summed E-state index contributed by atoms with van der Waals surface area (Å²) in [5, 5.41) is 10.3. The molecule has 1 fully saturated rings. The van der Waals surface area contributed by atoms with Gasteiger partial charge in [0, 0.05) is 18.8 Å². The molecule has 0 aliphatic carbocycles. The molecule has 0 spiro atoms. The molecule has 0 saturated carbocycles. The van der Waals surface area contributed by atoms with Crippen LogP contribution in [0.3, 0.4) is 0 Å². The summed E-state index contributed by atoms with van der Waals surface area (Å²) in [6, 6.07) is 6.37. The van der Waals surface area contributed by atoms with Crippen LogP contribution in [0.1, 0.15) is 35.6 Å². The molecular weight excluding hydrogens is 254 g/mol. The van der Waals surface area contributed by atoms with Crippen molar-refractivity contribution in [2.75, 3.05) is 31.1 Å². The number of aliphatic hydroxyl groups excluding tert-OH is 1. The summed E-state index contributed by atoms with van der Waals surface area (Å²) in [5.41, 5.74) is 3.54. The molecule has 1 aliphatic rings. The van der Waals surface area contributed by atoms with Crippen molar-refractivity contribution in [1.29, 1.82) is 0 Å². The van der Waals surface area contributed by atoms with Crippen molar-refractivity contribution in [3.63, 3.8) is 0 Å². The highest BCUT2D eigenvalue weighted by Crippen LogP contribution is 2.20. The van der Waals surface area contributed by atoms with Gasteiger partial charge in [0.15, 0.2) is 0 Å². The van der Waals surface area contributed by atoms with E-state index in [0.29, 0.717) is 0 Å². The second kappa shape index (κ2) is 7.32. The minimum absolute atomic E-state index is 0.325. The van der Waals surface area contributed by atoms with Gasteiger partial charge in [-0.1, -0.05) is 29.3 Å². The Balaban J connectivity index is 1.87. The molecule has 0 amide bonds. The fourth-order valence-corrected chi connectivity index (χ4v) is 3.62. The van der Waals surface area contributed by atoms with Gasteiger partial charge in [-0.15, -0.1) is 0 Å². The van der Waals surface area contributed by atoms with E-state index in [1.807, 2.05) is 11.8 Å². The fourth-order valence-electron chi connectivity index (χ4n) is 2.70. The van der Waals surface area contributed by atoms with Gasteiger partial charge in [0.2, 0.25) is 0 Å². The summed E-state index contributed by atoms with van der Waals surface area (Å²) in [4.78, 5) is 2.49. The van der Waals surface area contributed by atoms with Gasteiger partial charge in [0.1, 0.15) is 0 Å². The number of thioether (sulfide) groups is 1. The van der Waals surface area contributed by atoms with Gasteiger partial charge in [0.05, 0.1) is 6.10 Å². The minimum Gasteiger partial charge on any atom is -0.388 e. The van der Waals surface area contributed by atoms with E-state index in [2.05, 4.69) is 36.9 Å². The Morgan fingerprint density at radius 2 is 1.89 bits per heavy atom. The van der Waals surface area contributed by atoms with Gasteiger partial charge in [-0.05, 0) is 44.6 Å². The zero-order chi connectivity index (χ0) is 13.7. The van der Waals surface area contributed by atoms with Gasteiger partial charge in [-0.3, -0.25) is 0 Å². The van der Waals surface area contributed by atoms with Crippen molar-refractivity contribution >= 4 is 11.8 Å². The Labute approximate surface area is 121 Å². The number of benzene rings is 1. The van der Waals surface area contributed by atoms with E-state index in [9.17, 15) is 5.11 Å². The van der Waals surface area contributed by atoms with Crippen LogP contribution in [-0.4, -0.2) is 41.1 Å². The quantitative estimate of drug-likeness (QED) is 0.916. The van der Waals surface area contributed by atoms with Gasteiger partial charge in [-0.25, -0.2) is 0 Å². The lowest BCUT2D eigenvalue weighted by Crippen LogP contribution is -2.28. The van der Waals surface area contributed by atoms with Crippen LogP contribution in [0.25, 0.3) is 0 Å². The van der Waals surface area contributed by atoms with Crippen LogP contribution in [0.2, 0.25) is 0 Å². The molecule has 1 aromatic carbocycles. The first-order valence-corrected chi connectivity index (χ1v) is 8.37. The van der Waals surface area contributed by atoms with Gasteiger partial charge in [0.25, 0.3) is 0 Å². The molecule has 1 unspecified atom stereocenters. The summed E-state index contributed by atoms with van der Waals surface area (Å²) in [5.74, 6) is 2.52. The average Bonchev–Trinajstić information content (AvgIpc) is 2.63. The van der Waals surface area contributed by atoms with E-state index < -0.39 is 0 Å². The molecule has 19 heavy (non-hydrogen) atoms. The van der Waals surface area contributed by atoms with Crippen LogP contribution < -0.4 is 0 Å². The summed E-state index contributed by atoms with van der Waals surface area (Å²) in [6.07, 6.45) is 1.80. The molecule has 2 nitrogen and oxygen atoms in total. The van der Waals surface area contributed by atoms with Crippen molar-refractivity contribution in [2.45, 2.75) is 32.8 Å². The lowest BCUT2D eigenvalue weighted by Gasteiger charge is -2.21. The average molecular weight is 279 g/mol. The van der Waals surface area contributed by atoms with Gasteiger partial charge in [-0.2, -0.15) is 11.8 Å². The first-order chi connectivity index (χ1) is 9.15. The molecule has 3 heteroatoms. The van der Waals surface area contributed by atoms with Crippen molar-refractivity contribution < 1.29 is 5.11 Å². The number of rotatable bonds is 4. The van der Waals surface area contributed by atoms with Crippen molar-refractivity contribution in [3.8, 4) is 0 Å². The maximum absolute atomic E-state index is 10.3. The van der Waals surface area contributed by atoms with Crippen molar-refractivity contribution in [3.05, 3.63) is 34.9 Å². The highest BCUT2D eigenvalue weighted by molar-refractivity contribution is 7.99. The predicted octanol–water partition coefficient (Wildman–Crippen LogP) is 3.17. The van der Waals surface area contributed by atoms with Crippen LogP contribution in [0.4, 0.5) is 0 Å². The molecule has 2 rings (SSSR count). The molecule has 1 aromatic rings. The number of aliphatic hydroxyl groups is 1. The molecule has 1 aliphatic heterocycles. The Kier molecular flexibility index (Phi) is 5.74. The summed E-state index contributed by atoms with van der Waals surface area (Å²) < 4.78 is 0. The van der Waals surface area contributed by atoms with Crippen LogP contribution in [0.15, 0.2) is 18.2 Å². The van der Waals surface area contributed by atoms with Crippen LogP contribution >= 0.6 is 11.8 Å². The zero-order valence-electron chi connectivity index (χ0n) is 12.1. The largest absolute Gasteiger partial charge is 0.388 e. The van der Waals surface area contributed by atoms with E-state index in [0.717, 1.165) is 18.5 Å². The third-order valence-corrected chi connectivity index (χ3v) is 4.71. The number of aryl methyl sites for hydroxylation is 2. The number of nitrogens with zero attached hydrogens (tertiary/aromatic N) is 1. The Bertz CT molecular complexity index is 379. The molecule has 106 valence electrons. The van der Waals surface area contributed by atoms with E-state index in [-0.39, 0.29) is 6.10 Å². The first kappa shape index (κ1) is 14.9. The second-order valence-corrected chi connectivity index (χ2v) is 6.76. The SMILES string of the molecule is Cc1cc(C)cc(C(O)CCN2CCCSCC2)c1. The molecule has 0 aromatic heterocycles. The van der Waals surface area contributed by atoms with Crippen LogP contribution in [0.5, 0.6) is 0 Å². The second-order valence-electron chi connectivity index (χ2n) is 5.53. The third kappa shape index (κ3) is 4.83. The van der Waals surface area contributed by atoms with Crippen molar-refractivity contribution in [1.82, 2.24) is 4.90 Å². The van der Waals surface area contributed by atoms with E-state index in [4.69, 9.17) is 0 Å². The Morgan fingerprint density at radius 3 is 2.63 bits per heavy atom. The minimum atomic E-state index is -0.325. The monoisotopic (exact) mass is 279 g/mol. The molecule has 1 atom stereocenters. The molecular formula is C16H25NOS. The van der Waals surface area contributed by atoms with Crippen LogP contribution in [0, 0.1) is 13.8 Å². The maximum atomic E-state index is 10.3. The van der Waals surface area contributed by atoms with Gasteiger partial charge < -0.3 is 10.0 Å². The fraction of sp³-hybridized carbons (Fsp3) is 0.625. The summed E-state index contributed by atoms with van der Waals surface area (Å²) in [6.45, 7) is 7.55. The molecule has 0 radical (unpaired) electrons. The number of hydrogen-bond donors (Lipinski definition) is 1. The van der Waals surface area contributed by atoms with E-state index in [1.54, 1.807) is 0 Å². The van der Waals surface area contributed by atoms with Crippen LogP contribution in [-0.2, 0) is 0 Å². The summed E-state index contributed by atoms with van der Waals surface area (Å²) >= 11 is 2.05.